The van der Waals surface area contributed by atoms with Crippen LogP contribution in [0, 0.1) is 0 Å². The van der Waals surface area contributed by atoms with Gasteiger partial charge in [0.1, 0.15) is 0 Å². The lowest BCUT2D eigenvalue weighted by Crippen LogP contribution is -2.07. The minimum Gasteiger partial charge on any atom is -0.469 e. The molecule has 2 rings (SSSR count). The first kappa shape index (κ1) is 18.1. The smallest absolute Gasteiger partial charge is 0.309 e. The number of Topliss-reactive ketones (excluding diaryl/α,β-unsaturated/α-hetero) is 2. The second-order valence-electron chi connectivity index (χ2n) is 5.30. The molecule has 0 fully saturated rings. The van der Waals surface area contributed by atoms with Gasteiger partial charge in [-0.05, 0) is 17.7 Å². The van der Waals surface area contributed by atoms with Crippen LogP contribution in [0.1, 0.15) is 39.1 Å². The molecule has 5 heteroatoms. The summed E-state index contributed by atoms with van der Waals surface area (Å²) in [4.78, 5) is 35.5. The van der Waals surface area contributed by atoms with Gasteiger partial charge in [0.15, 0.2) is 11.6 Å². The fraction of sp³-hybridized carbons (Fsp3) is 0.211. The van der Waals surface area contributed by atoms with E-state index in [4.69, 9.17) is 0 Å². The minimum atomic E-state index is -0.325. The topological polar surface area (TPSA) is 60.4 Å². The Balaban J connectivity index is 1.91. The van der Waals surface area contributed by atoms with E-state index in [-0.39, 0.29) is 36.8 Å². The predicted molar refractivity (Wildman–Crippen MR) is 94.2 cm³/mol. The van der Waals surface area contributed by atoms with Crippen molar-refractivity contribution < 1.29 is 19.1 Å². The fourth-order valence-corrected chi connectivity index (χ4v) is 2.46. The van der Waals surface area contributed by atoms with Crippen LogP contribution in [0.3, 0.4) is 0 Å². The molecule has 0 saturated heterocycles. The zero-order valence-electron chi connectivity index (χ0n) is 13.3. The first-order valence-corrected chi connectivity index (χ1v) is 8.26. The van der Waals surface area contributed by atoms with Crippen LogP contribution in [-0.2, 0) is 16.0 Å². The van der Waals surface area contributed by atoms with E-state index in [0.717, 1.165) is 10.0 Å². The molecule has 0 aliphatic heterocycles. The van der Waals surface area contributed by atoms with Crippen LogP contribution in [0.5, 0.6) is 0 Å². The highest BCUT2D eigenvalue weighted by atomic mass is 79.9. The van der Waals surface area contributed by atoms with Gasteiger partial charge in [-0.25, -0.2) is 0 Å². The number of benzene rings is 2. The van der Waals surface area contributed by atoms with Crippen molar-refractivity contribution in [3.63, 3.8) is 0 Å². The van der Waals surface area contributed by atoms with Crippen molar-refractivity contribution in [3.05, 3.63) is 69.7 Å². The summed E-state index contributed by atoms with van der Waals surface area (Å²) in [6.45, 7) is 0. The number of methoxy groups -OCH3 is 1. The van der Waals surface area contributed by atoms with Crippen LogP contribution in [0.2, 0.25) is 0 Å². The summed E-state index contributed by atoms with van der Waals surface area (Å²) in [6, 6.07) is 13.9. The van der Waals surface area contributed by atoms with Gasteiger partial charge in [0.2, 0.25) is 0 Å². The van der Waals surface area contributed by atoms with Gasteiger partial charge in [-0.3, -0.25) is 14.4 Å². The van der Waals surface area contributed by atoms with E-state index in [9.17, 15) is 14.4 Å². The maximum Gasteiger partial charge on any atom is 0.309 e. The molecule has 2 aromatic carbocycles. The normalized spacial score (nSPS) is 10.2. The van der Waals surface area contributed by atoms with Crippen molar-refractivity contribution in [1.29, 1.82) is 0 Å². The van der Waals surface area contributed by atoms with E-state index in [1.807, 2.05) is 0 Å². The molecule has 2 aromatic rings. The Hall–Kier alpha value is -2.27. The molecule has 124 valence electrons. The maximum absolute atomic E-state index is 12.2. The summed E-state index contributed by atoms with van der Waals surface area (Å²) >= 11 is 3.32. The first-order valence-electron chi connectivity index (χ1n) is 7.47. The Labute approximate surface area is 149 Å². The van der Waals surface area contributed by atoms with E-state index >= 15 is 0 Å². The zero-order chi connectivity index (χ0) is 17.5. The molecule has 0 heterocycles. The highest BCUT2D eigenvalue weighted by Gasteiger charge is 2.11. The number of carbonyl (C=O) groups excluding carboxylic acids is 3. The average molecular weight is 389 g/mol. The second-order valence-corrected chi connectivity index (χ2v) is 6.22. The number of esters is 1. The highest BCUT2D eigenvalue weighted by Crippen LogP contribution is 2.14. The molecule has 0 aliphatic carbocycles. The van der Waals surface area contributed by atoms with E-state index in [0.29, 0.717) is 11.1 Å². The highest BCUT2D eigenvalue weighted by molar-refractivity contribution is 9.10. The van der Waals surface area contributed by atoms with Crippen molar-refractivity contribution in [2.75, 3.05) is 7.11 Å². The third-order valence-electron chi connectivity index (χ3n) is 3.60. The number of ketones is 2. The number of rotatable bonds is 7. The molecule has 0 atom stereocenters. The van der Waals surface area contributed by atoms with Gasteiger partial charge in [-0.15, -0.1) is 0 Å². The van der Waals surface area contributed by atoms with Gasteiger partial charge in [0.05, 0.1) is 13.5 Å². The zero-order valence-corrected chi connectivity index (χ0v) is 14.8. The summed E-state index contributed by atoms with van der Waals surface area (Å²) in [7, 11) is 1.34. The van der Waals surface area contributed by atoms with Crippen molar-refractivity contribution >= 4 is 33.5 Å². The number of carbonyl (C=O) groups is 3. The molecule has 0 aliphatic rings. The Morgan fingerprint density at radius 2 is 1.29 bits per heavy atom. The molecule has 0 unspecified atom stereocenters. The molecule has 0 radical (unpaired) electrons. The quantitative estimate of drug-likeness (QED) is 0.530. The molecule has 24 heavy (non-hydrogen) atoms. The fourth-order valence-electron chi connectivity index (χ4n) is 2.20. The molecule has 4 nitrogen and oxygen atoms in total. The molecule has 0 aromatic heterocycles. The van der Waals surface area contributed by atoms with Gasteiger partial charge in [0, 0.05) is 28.4 Å². The monoisotopic (exact) mass is 388 g/mol. The molecule has 0 amide bonds. The molecule has 0 bridgehead atoms. The van der Waals surface area contributed by atoms with Gasteiger partial charge < -0.3 is 4.74 Å². The molecule has 0 spiro atoms. The lowest BCUT2D eigenvalue weighted by Gasteiger charge is -2.04. The lowest BCUT2D eigenvalue weighted by molar-refractivity contribution is -0.139. The number of ether oxygens (including phenoxy) is 1. The lowest BCUT2D eigenvalue weighted by atomic mass is 10.0. The van der Waals surface area contributed by atoms with E-state index in [1.165, 1.54) is 7.11 Å². The molecular formula is C19H17BrO4. The standard InChI is InChI=1S/C19H17BrO4/c1-24-19(23)12-13-2-4-14(5-3-13)17(21)10-11-18(22)15-6-8-16(20)9-7-15/h2-9H,10-12H2,1H3. The summed E-state index contributed by atoms with van der Waals surface area (Å²) in [5.41, 5.74) is 1.91. The Bertz CT molecular complexity index is 733. The van der Waals surface area contributed by atoms with Gasteiger partial charge in [-0.2, -0.15) is 0 Å². The number of hydrogen-bond donors (Lipinski definition) is 0. The first-order chi connectivity index (χ1) is 11.5. The third-order valence-corrected chi connectivity index (χ3v) is 4.13. The summed E-state index contributed by atoms with van der Waals surface area (Å²) in [6.07, 6.45) is 0.503. The number of halogens is 1. The van der Waals surface area contributed by atoms with E-state index < -0.39 is 0 Å². The largest absolute Gasteiger partial charge is 0.469 e. The van der Waals surface area contributed by atoms with Crippen LogP contribution in [0.4, 0.5) is 0 Å². The Morgan fingerprint density at radius 3 is 1.75 bits per heavy atom. The minimum absolute atomic E-state index is 0.0573. The van der Waals surface area contributed by atoms with Gasteiger partial charge >= 0.3 is 5.97 Å². The maximum atomic E-state index is 12.2. The van der Waals surface area contributed by atoms with Crippen LogP contribution in [0.15, 0.2) is 53.0 Å². The van der Waals surface area contributed by atoms with Crippen LogP contribution in [-0.4, -0.2) is 24.6 Å². The third kappa shape index (κ3) is 5.13. The van der Waals surface area contributed by atoms with Crippen molar-refractivity contribution in [2.24, 2.45) is 0 Å². The van der Waals surface area contributed by atoms with Gasteiger partial charge in [-0.1, -0.05) is 52.3 Å². The molecular weight excluding hydrogens is 372 g/mol. The van der Waals surface area contributed by atoms with Crippen LogP contribution in [0.25, 0.3) is 0 Å². The average Bonchev–Trinajstić information content (AvgIpc) is 2.60. The van der Waals surface area contributed by atoms with Crippen molar-refractivity contribution in [3.8, 4) is 0 Å². The van der Waals surface area contributed by atoms with Gasteiger partial charge in [0.25, 0.3) is 0 Å². The second kappa shape index (κ2) is 8.55. The SMILES string of the molecule is COC(=O)Cc1ccc(C(=O)CCC(=O)c2ccc(Br)cc2)cc1. The molecule has 0 N–H and O–H groups in total. The van der Waals surface area contributed by atoms with Crippen molar-refractivity contribution in [2.45, 2.75) is 19.3 Å². The molecule has 0 saturated carbocycles. The summed E-state index contributed by atoms with van der Waals surface area (Å²) in [5.74, 6) is -0.475. The van der Waals surface area contributed by atoms with Crippen LogP contribution >= 0.6 is 15.9 Å². The summed E-state index contributed by atoms with van der Waals surface area (Å²) < 4.78 is 5.50. The van der Waals surface area contributed by atoms with E-state index in [2.05, 4.69) is 20.7 Å². The van der Waals surface area contributed by atoms with Crippen molar-refractivity contribution in [1.82, 2.24) is 0 Å². The number of hydrogen-bond acceptors (Lipinski definition) is 4. The summed E-state index contributed by atoms with van der Waals surface area (Å²) in [5, 5.41) is 0. The van der Waals surface area contributed by atoms with E-state index in [1.54, 1.807) is 48.5 Å². The Kier molecular flexibility index (Phi) is 6.44. The Morgan fingerprint density at radius 1 is 0.833 bits per heavy atom. The predicted octanol–water partition coefficient (Wildman–Crippen LogP) is 4.01. The van der Waals surface area contributed by atoms with Crippen LogP contribution < -0.4 is 0 Å².